The number of thioether (sulfide) groups is 1. The third-order valence-corrected chi connectivity index (χ3v) is 3.94. The van der Waals surface area contributed by atoms with Crippen molar-refractivity contribution in [2.75, 3.05) is 5.75 Å². The van der Waals surface area contributed by atoms with Crippen molar-refractivity contribution < 1.29 is 4.42 Å². The molecule has 1 aromatic heterocycles. The first-order valence-electron chi connectivity index (χ1n) is 5.53. The zero-order valence-electron chi connectivity index (χ0n) is 9.10. The molecule has 0 N–H and O–H groups in total. The molecule has 0 unspecified atom stereocenters. The number of halogens is 1. The lowest BCUT2D eigenvalue weighted by atomic mass is 10.2. The molecule has 17 heavy (non-hydrogen) atoms. The van der Waals surface area contributed by atoms with Crippen LogP contribution < -0.4 is 0 Å². The second kappa shape index (κ2) is 4.70. The maximum atomic E-state index is 5.83. The Balaban J connectivity index is 1.72. The first kappa shape index (κ1) is 11.1. The highest BCUT2D eigenvalue weighted by Gasteiger charge is 2.22. The highest BCUT2D eigenvalue weighted by atomic mass is 35.5. The highest BCUT2D eigenvalue weighted by Crippen LogP contribution is 2.35. The quantitative estimate of drug-likeness (QED) is 0.787. The lowest BCUT2D eigenvalue weighted by Gasteiger charge is -1.94. The van der Waals surface area contributed by atoms with Crippen molar-refractivity contribution in [3.05, 3.63) is 29.3 Å². The second-order valence-electron chi connectivity index (χ2n) is 4.13. The van der Waals surface area contributed by atoms with Crippen molar-refractivity contribution in [1.82, 2.24) is 10.2 Å². The summed E-state index contributed by atoms with van der Waals surface area (Å²) in [4.78, 5) is 0. The van der Waals surface area contributed by atoms with Crippen LogP contribution in [0.15, 0.2) is 33.9 Å². The zero-order valence-corrected chi connectivity index (χ0v) is 10.7. The van der Waals surface area contributed by atoms with Crippen LogP contribution in [-0.4, -0.2) is 16.0 Å². The summed E-state index contributed by atoms with van der Waals surface area (Å²) >= 11 is 7.47. The van der Waals surface area contributed by atoms with Crippen LogP contribution in [0, 0.1) is 5.92 Å². The molecule has 1 saturated carbocycles. The van der Waals surface area contributed by atoms with Crippen molar-refractivity contribution in [2.45, 2.75) is 18.1 Å². The number of hydrogen-bond acceptors (Lipinski definition) is 4. The Bertz CT molecular complexity index is 507. The zero-order chi connectivity index (χ0) is 11.7. The van der Waals surface area contributed by atoms with Gasteiger partial charge in [-0.05, 0) is 43.0 Å². The Morgan fingerprint density at radius 1 is 1.24 bits per heavy atom. The number of nitrogens with zero attached hydrogens (tertiary/aromatic N) is 2. The standard InChI is InChI=1S/C12H11ClN2OS/c13-10-5-3-9(4-6-10)11-14-15-12(16-11)17-7-8-1-2-8/h3-6,8H,1-2,7H2. The Labute approximate surface area is 109 Å². The molecule has 0 atom stereocenters. The molecule has 3 nitrogen and oxygen atoms in total. The monoisotopic (exact) mass is 266 g/mol. The van der Waals surface area contributed by atoms with Gasteiger partial charge in [-0.2, -0.15) is 0 Å². The maximum absolute atomic E-state index is 5.83. The molecule has 1 aliphatic carbocycles. The molecule has 1 heterocycles. The molecule has 0 bridgehead atoms. The van der Waals surface area contributed by atoms with E-state index in [-0.39, 0.29) is 0 Å². The van der Waals surface area contributed by atoms with E-state index in [4.69, 9.17) is 16.0 Å². The summed E-state index contributed by atoms with van der Waals surface area (Å²) in [5.74, 6) is 2.49. The summed E-state index contributed by atoms with van der Waals surface area (Å²) in [6.45, 7) is 0. The van der Waals surface area contributed by atoms with Gasteiger partial charge in [0.1, 0.15) is 0 Å². The van der Waals surface area contributed by atoms with Gasteiger partial charge in [0, 0.05) is 16.3 Å². The van der Waals surface area contributed by atoms with Gasteiger partial charge in [0.05, 0.1) is 0 Å². The van der Waals surface area contributed by atoms with Crippen LogP contribution in [-0.2, 0) is 0 Å². The van der Waals surface area contributed by atoms with Gasteiger partial charge >= 0.3 is 0 Å². The molecule has 1 fully saturated rings. The van der Waals surface area contributed by atoms with Crippen LogP contribution in [0.25, 0.3) is 11.5 Å². The average molecular weight is 267 g/mol. The van der Waals surface area contributed by atoms with Gasteiger partial charge in [-0.15, -0.1) is 10.2 Å². The van der Waals surface area contributed by atoms with Crippen LogP contribution in [0.3, 0.4) is 0 Å². The summed E-state index contributed by atoms with van der Waals surface area (Å²) in [5, 5.41) is 9.42. The van der Waals surface area contributed by atoms with Gasteiger partial charge in [-0.25, -0.2) is 0 Å². The molecule has 0 amide bonds. The lowest BCUT2D eigenvalue weighted by molar-refractivity contribution is 0.465. The summed E-state index contributed by atoms with van der Waals surface area (Å²) < 4.78 is 5.59. The van der Waals surface area contributed by atoms with E-state index in [2.05, 4.69) is 10.2 Å². The van der Waals surface area contributed by atoms with Gasteiger partial charge in [-0.3, -0.25) is 0 Å². The first-order chi connectivity index (χ1) is 8.31. The molecule has 0 aliphatic heterocycles. The van der Waals surface area contributed by atoms with Crippen LogP contribution >= 0.6 is 23.4 Å². The molecule has 1 aliphatic rings. The van der Waals surface area contributed by atoms with Crippen LogP contribution in [0.1, 0.15) is 12.8 Å². The number of aromatic nitrogens is 2. The van der Waals surface area contributed by atoms with E-state index in [1.54, 1.807) is 11.8 Å². The molecule has 1 aromatic carbocycles. The Hall–Kier alpha value is -1.00. The normalized spacial score (nSPS) is 15.1. The first-order valence-corrected chi connectivity index (χ1v) is 6.90. The van der Waals surface area contributed by atoms with E-state index >= 15 is 0 Å². The fourth-order valence-corrected chi connectivity index (χ4v) is 2.52. The SMILES string of the molecule is Clc1ccc(-c2nnc(SCC3CC3)o2)cc1. The Kier molecular flexibility index (Phi) is 3.07. The van der Waals surface area contributed by atoms with Crippen LogP contribution in [0.2, 0.25) is 5.02 Å². The predicted octanol–water partition coefficient (Wildman–Crippen LogP) is 3.89. The van der Waals surface area contributed by atoms with Crippen LogP contribution in [0.5, 0.6) is 0 Å². The fourth-order valence-electron chi connectivity index (χ4n) is 1.45. The third kappa shape index (κ3) is 2.82. The van der Waals surface area contributed by atoms with Gasteiger partial charge in [0.15, 0.2) is 0 Å². The Morgan fingerprint density at radius 3 is 2.71 bits per heavy atom. The van der Waals surface area contributed by atoms with Gasteiger partial charge < -0.3 is 4.42 Å². The van der Waals surface area contributed by atoms with E-state index in [1.165, 1.54) is 12.8 Å². The van der Waals surface area contributed by atoms with E-state index in [9.17, 15) is 0 Å². The van der Waals surface area contributed by atoms with Crippen molar-refractivity contribution in [1.29, 1.82) is 0 Å². The Morgan fingerprint density at radius 2 is 2.00 bits per heavy atom. The van der Waals surface area contributed by atoms with Gasteiger partial charge in [-0.1, -0.05) is 23.4 Å². The van der Waals surface area contributed by atoms with E-state index in [1.807, 2.05) is 24.3 Å². The van der Waals surface area contributed by atoms with Crippen molar-refractivity contribution in [3.8, 4) is 11.5 Å². The molecule has 2 aromatic rings. The predicted molar refractivity (Wildman–Crippen MR) is 68.2 cm³/mol. The molecule has 0 saturated heterocycles. The average Bonchev–Trinajstić information content (AvgIpc) is 3.06. The molecule has 3 rings (SSSR count). The second-order valence-corrected chi connectivity index (χ2v) is 5.54. The number of hydrogen-bond donors (Lipinski definition) is 0. The summed E-state index contributed by atoms with van der Waals surface area (Å²) in [7, 11) is 0. The molecular formula is C12H11ClN2OS. The largest absolute Gasteiger partial charge is 0.411 e. The summed E-state index contributed by atoms with van der Waals surface area (Å²) in [6, 6.07) is 7.40. The van der Waals surface area contributed by atoms with Crippen molar-refractivity contribution >= 4 is 23.4 Å². The smallest absolute Gasteiger partial charge is 0.276 e. The van der Waals surface area contributed by atoms with Gasteiger partial charge in [0.2, 0.25) is 5.89 Å². The molecule has 5 heteroatoms. The molecule has 88 valence electrons. The third-order valence-electron chi connectivity index (χ3n) is 2.64. The van der Waals surface area contributed by atoms with E-state index in [0.717, 1.165) is 17.2 Å². The maximum Gasteiger partial charge on any atom is 0.276 e. The van der Waals surface area contributed by atoms with Crippen molar-refractivity contribution in [3.63, 3.8) is 0 Å². The minimum atomic E-state index is 0.556. The molecule has 0 radical (unpaired) electrons. The number of rotatable bonds is 4. The van der Waals surface area contributed by atoms with Crippen LogP contribution in [0.4, 0.5) is 0 Å². The molecular weight excluding hydrogens is 256 g/mol. The number of benzene rings is 1. The minimum Gasteiger partial charge on any atom is -0.411 e. The van der Waals surface area contributed by atoms with E-state index < -0.39 is 0 Å². The summed E-state index contributed by atoms with van der Waals surface area (Å²) in [6.07, 6.45) is 2.68. The topological polar surface area (TPSA) is 38.9 Å². The minimum absolute atomic E-state index is 0.556. The summed E-state index contributed by atoms with van der Waals surface area (Å²) in [5.41, 5.74) is 0.903. The fraction of sp³-hybridized carbons (Fsp3) is 0.333. The van der Waals surface area contributed by atoms with Gasteiger partial charge in [0.25, 0.3) is 5.22 Å². The lowest BCUT2D eigenvalue weighted by Crippen LogP contribution is -1.80. The highest BCUT2D eigenvalue weighted by molar-refractivity contribution is 7.99. The van der Waals surface area contributed by atoms with Crippen molar-refractivity contribution in [2.24, 2.45) is 5.92 Å². The molecule has 0 spiro atoms. The van der Waals surface area contributed by atoms with E-state index in [0.29, 0.717) is 16.1 Å².